The molecule has 0 atom stereocenters. The van der Waals surface area contributed by atoms with Gasteiger partial charge in [-0.15, -0.1) is 0 Å². The molecule has 0 amide bonds. The summed E-state index contributed by atoms with van der Waals surface area (Å²) in [6.07, 6.45) is 4.22. The Labute approximate surface area is 120 Å². The van der Waals surface area contributed by atoms with Crippen LogP contribution in [0.4, 0.5) is 5.82 Å². The minimum absolute atomic E-state index is 0.331. The molecule has 1 aliphatic heterocycles. The summed E-state index contributed by atoms with van der Waals surface area (Å²) in [4.78, 5) is 13.2. The Kier molecular flexibility index (Phi) is 4.99. The van der Waals surface area contributed by atoms with Crippen LogP contribution < -0.4 is 4.90 Å². The Bertz CT molecular complexity index is 416. The molecule has 1 aromatic rings. The standard InChI is InChI=1S/C14H23ClN4/c1-11(2)12-13(15)16-10-17-14(12)18(3)8-9-19-6-4-5-7-19/h10-11H,4-9H2,1-3H3. The van der Waals surface area contributed by atoms with Crippen molar-refractivity contribution in [2.75, 3.05) is 38.1 Å². The lowest BCUT2D eigenvalue weighted by Crippen LogP contribution is -2.32. The van der Waals surface area contributed by atoms with E-state index in [1.165, 1.54) is 25.9 Å². The van der Waals surface area contributed by atoms with Crippen molar-refractivity contribution in [3.05, 3.63) is 17.0 Å². The van der Waals surface area contributed by atoms with E-state index in [9.17, 15) is 0 Å². The zero-order chi connectivity index (χ0) is 13.8. The van der Waals surface area contributed by atoms with Crippen LogP contribution in [0.5, 0.6) is 0 Å². The second-order valence-electron chi connectivity index (χ2n) is 5.53. The van der Waals surface area contributed by atoms with Gasteiger partial charge >= 0.3 is 0 Å². The number of likely N-dealkylation sites (tertiary alicyclic amines) is 1. The topological polar surface area (TPSA) is 32.3 Å². The molecular formula is C14H23ClN4. The van der Waals surface area contributed by atoms with Gasteiger partial charge < -0.3 is 9.80 Å². The Hall–Kier alpha value is -0.870. The predicted molar refractivity (Wildman–Crippen MR) is 80.1 cm³/mol. The van der Waals surface area contributed by atoms with Gasteiger partial charge in [-0.3, -0.25) is 0 Å². The molecule has 0 unspecified atom stereocenters. The highest BCUT2D eigenvalue weighted by molar-refractivity contribution is 6.30. The molecule has 0 N–H and O–H groups in total. The van der Waals surface area contributed by atoms with E-state index in [4.69, 9.17) is 11.6 Å². The maximum Gasteiger partial charge on any atom is 0.138 e. The first-order chi connectivity index (χ1) is 9.09. The van der Waals surface area contributed by atoms with E-state index in [1.54, 1.807) is 6.33 Å². The van der Waals surface area contributed by atoms with Crippen molar-refractivity contribution in [1.29, 1.82) is 0 Å². The summed E-state index contributed by atoms with van der Waals surface area (Å²) in [5.74, 6) is 1.30. The van der Waals surface area contributed by atoms with Crippen LogP contribution in [0.3, 0.4) is 0 Å². The molecule has 0 spiro atoms. The Morgan fingerprint density at radius 2 is 2.00 bits per heavy atom. The van der Waals surface area contributed by atoms with E-state index in [0.29, 0.717) is 11.1 Å². The summed E-state index contributed by atoms with van der Waals surface area (Å²) in [5, 5.41) is 0.577. The molecule has 0 aromatic carbocycles. The van der Waals surface area contributed by atoms with Gasteiger partial charge in [-0.2, -0.15) is 0 Å². The molecule has 1 fully saturated rings. The van der Waals surface area contributed by atoms with Gasteiger partial charge in [0.25, 0.3) is 0 Å². The van der Waals surface area contributed by atoms with Crippen LogP contribution in [0.25, 0.3) is 0 Å². The van der Waals surface area contributed by atoms with Gasteiger partial charge in [0.15, 0.2) is 0 Å². The van der Waals surface area contributed by atoms with Crippen molar-refractivity contribution in [2.45, 2.75) is 32.6 Å². The first-order valence-corrected chi connectivity index (χ1v) is 7.41. The highest BCUT2D eigenvalue weighted by atomic mass is 35.5. The molecular weight excluding hydrogens is 260 g/mol. The number of hydrogen-bond acceptors (Lipinski definition) is 4. The quantitative estimate of drug-likeness (QED) is 0.778. The van der Waals surface area contributed by atoms with Gasteiger partial charge in [0.05, 0.1) is 0 Å². The van der Waals surface area contributed by atoms with E-state index in [2.05, 4.69) is 40.7 Å². The molecule has 1 aliphatic rings. The van der Waals surface area contributed by atoms with Gasteiger partial charge in [0, 0.05) is 25.7 Å². The molecule has 1 aromatic heterocycles. The van der Waals surface area contributed by atoms with E-state index in [0.717, 1.165) is 24.5 Å². The zero-order valence-corrected chi connectivity index (χ0v) is 12.8. The molecule has 2 heterocycles. The maximum atomic E-state index is 6.21. The normalized spacial score (nSPS) is 16.3. The third-order valence-electron chi connectivity index (χ3n) is 3.70. The number of nitrogens with zero attached hydrogens (tertiary/aromatic N) is 4. The average Bonchev–Trinajstić information content (AvgIpc) is 2.88. The molecule has 2 rings (SSSR count). The number of hydrogen-bond donors (Lipinski definition) is 0. The molecule has 1 saturated heterocycles. The highest BCUT2D eigenvalue weighted by Gasteiger charge is 2.18. The van der Waals surface area contributed by atoms with Crippen molar-refractivity contribution in [3.63, 3.8) is 0 Å². The van der Waals surface area contributed by atoms with Crippen molar-refractivity contribution >= 4 is 17.4 Å². The number of aromatic nitrogens is 2. The largest absolute Gasteiger partial charge is 0.358 e. The molecule has 4 nitrogen and oxygen atoms in total. The van der Waals surface area contributed by atoms with E-state index in [-0.39, 0.29) is 0 Å². The van der Waals surface area contributed by atoms with Gasteiger partial charge in [-0.1, -0.05) is 25.4 Å². The Balaban J connectivity index is 2.05. The van der Waals surface area contributed by atoms with Gasteiger partial charge in [-0.25, -0.2) is 9.97 Å². The SMILES string of the molecule is CC(C)c1c(Cl)ncnc1N(C)CCN1CCCC1. The summed E-state index contributed by atoms with van der Waals surface area (Å²) in [6, 6.07) is 0. The van der Waals surface area contributed by atoms with Crippen LogP contribution in [0.1, 0.15) is 38.2 Å². The van der Waals surface area contributed by atoms with E-state index < -0.39 is 0 Å². The monoisotopic (exact) mass is 282 g/mol. The lowest BCUT2D eigenvalue weighted by atomic mass is 10.1. The van der Waals surface area contributed by atoms with Crippen molar-refractivity contribution in [3.8, 4) is 0 Å². The fourth-order valence-electron chi connectivity index (χ4n) is 2.57. The van der Waals surface area contributed by atoms with Gasteiger partial charge in [0.2, 0.25) is 0 Å². The summed E-state index contributed by atoms with van der Waals surface area (Å²) in [6.45, 7) is 8.79. The Morgan fingerprint density at radius 3 is 2.63 bits per heavy atom. The second kappa shape index (κ2) is 6.53. The minimum atomic E-state index is 0.331. The van der Waals surface area contributed by atoms with Crippen LogP contribution in [0.2, 0.25) is 5.15 Å². The summed E-state index contributed by atoms with van der Waals surface area (Å²) in [5.41, 5.74) is 1.05. The molecule has 0 bridgehead atoms. The fraction of sp³-hybridized carbons (Fsp3) is 0.714. The van der Waals surface area contributed by atoms with Crippen molar-refractivity contribution in [2.24, 2.45) is 0 Å². The number of anilines is 1. The molecule has 0 aliphatic carbocycles. The first kappa shape index (κ1) is 14.5. The van der Waals surface area contributed by atoms with Gasteiger partial charge in [-0.05, 0) is 31.8 Å². The lowest BCUT2D eigenvalue weighted by Gasteiger charge is -2.25. The zero-order valence-electron chi connectivity index (χ0n) is 12.1. The predicted octanol–water partition coefficient (Wildman–Crippen LogP) is 2.79. The fourth-order valence-corrected chi connectivity index (χ4v) is 2.92. The summed E-state index contributed by atoms with van der Waals surface area (Å²) < 4.78 is 0. The second-order valence-corrected chi connectivity index (χ2v) is 5.88. The van der Waals surface area contributed by atoms with Crippen LogP contribution in [-0.2, 0) is 0 Å². The van der Waals surface area contributed by atoms with Crippen LogP contribution in [0.15, 0.2) is 6.33 Å². The average molecular weight is 283 g/mol. The lowest BCUT2D eigenvalue weighted by molar-refractivity contribution is 0.346. The van der Waals surface area contributed by atoms with Crippen molar-refractivity contribution < 1.29 is 0 Å². The summed E-state index contributed by atoms with van der Waals surface area (Å²) >= 11 is 6.21. The van der Waals surface area contributed by atoms with Crippen molar-refractivity contribution in [1.82, 2.24) is 14.9 Å². The smallest absolute Gasteiger partial charge is 0.138 e. The number of rotatable bonds is 5. The molecule has 0 radical (unpaired) electrons. The number of halogens is 1. The minimum Gasteiger partial charge on any atom is -0.358 e. The molecule has 106 valence electrons. The van der Waals surface area contributed by atoms with Gasteiger partial charge in [0.1, 0.15) is 17.3 Å². The maximum absolute atomic E-state index is 6.21. The molecule has 19 heavy (non-hydrogen) atoms. The Morgan fingerprint density at radius 1 is 1.32 bits per heavy atom. The van der Waals surface area contributed by atoms with E-state index in [1.807, 2.05) is 0 Å². The number of likely N-dealkylation sites (N-methyl/N-ethyl adjacent to an activating group) is 1. The molecule has 5 heteroatoms. The van der Waals surface area contributed by atoms with E-state index >= 15 is 0 Å². The third-order valence-corrected chi connectivity index (χ3v) is 4.00. The highest BCUT2D eigenvalue weighted by Crippen LogP contribution is 2.29. The third kappa shape index (κ3) is 3.57. The van der Waals surface area contributed by atoms with Crippen LogP contribution in [-0.4, -0.2) is 48.1 Å². The summed E-state index contributed by atoms with van der Waals surface area (Å²) in [7, 11) is 2.08. The van der Waals surface area contributed by atoms with Crippen LogP contribution >= 0.6 is 11.6 Å². The molecule has 0 saturated carbocycles. The van der Waals surface area contributed by atoms with Crippen LogP contribution in [0, 0.1) is 0 Å². The first-order valence-electron chi connectivity index (χ1n) is 7.03.